The molecule has 0 heterocycles. The quantitative estimate of drug-likeness (QED) is 0.701. The molecule has 8 heteroatoms. The number of carbonyl (C=O) groups excluding carboxylic acids is 2. The van der Waals surface area contributed by atoms with Crippen molar-refractivity contribution in [2.45, 2.75) is 39.5 Å². The van der Waals surface area contributed by atoms with Gasteiger partial charge in [0.05, 0.1) is 0 Å². The average Bonchev–Trinajstić information content (AvgIpc) is 3.45. The van der Waals surface area contributed by atoms with E-state index in [4.69, 9.17) is 0 Å². The van der Waals surface area contributed by atoms with Crippen molar-refractivity contribution < 1.29 is 29.4 Å². The first-order valence-corrected chi connectivity index (χ1v) is 8.92. The zero-order valence-corrected chi connectivity index (χ0v) is 14.8. The lowest BCUT2D eigenvalue weighted by atomic mass is 9.85. The van der Waals surface area contributed by atoms with Gasteiger partial charge in [0.1, 0.15) is 11.4 Å². The van der Waals surface area contributed by atoms with Crippen LogP contribution in [0.4, 0.5) is 9.59 Å². The van der Waals surface area contributed by atoms with Crippen molar-refractivity contribution in [3.63, 3.8) is 0 Å². The summed E-state index contributed by atoms with van der Waals surface area (Å²) < 4.78 is 0. The molecule has 0 unspecified atom stereocenters. The van der Waals surface area contributed by atoms with Crippen LogP contribution in [0.1, 0.15) is 39.5 Å². The Bertz CT molecular complexity index is 694. The van der Waals surface area contributed by atoms with Crippen LogP contribution in [-0.4, -0.2) is 56.9 Å². The lowest BCUT2D eigenvalue weighted by molar-refractivity contribution is -0.119. The van der Waals surface area contributed by atoms with Crippen molar-refractivity contribution >= 4 is 23.8 Å². The van der Waals surface area contributed by atoms with Gasteiger partial charge in [0, 0.05) is 24.2 Å². The fraction of sp³-hybridized carbons (Fsp3) is 0.556. The van der Waals surface area contributed by atoms with Crippen LogP contribution in [0.3, 0.4) is 0 Å². The molecule has 140 valence electrons. The molecule has 0 aromatic heterocycles. The number of allylic oxidation sites excluding steroid dienone is 2. The van der Waals surface area contributed by atoms with Gasteiger partial charge in [0.2, 0.25) is 11.6 Å². The first-order valence-electron chi connectivity index (χ1n) is 8.92. The Balaban J connectivity index is 2.20. The molecule has 0 aliphatic heterocycles. The molecule has 0 radical (unpaired) electrons. The predicted molar refractivity (Wildman–Crippen MR) is 90.3 cm³/mol. The topological polar surface area (TPSA) is 115 Å². The number of amides is 2. The Hall–Kier alpha value is -2.64. The lowest BCUT2D eigenvalue weighted by Crippen LogP contribution is -2.43. The fourth-order valence-electron chi connectivity index (χ4n) is 3.53. The van der Waals surface area contributed by atoms with Gasteiger partial charge in [-0.05, 0) is 51.4 Å². The number of carboxylic acid groups (broad SMARTS) is 2. The highest BCUT2D eigenvalue weighted by Gasteiger charge is 2.49. The van der Waals surface area contributed by atoms with Crippen molar-refractivity contribution in [3.05, 3.63) is 22.5 Å². The van der Waals surface area contributed by atoms with Crippen LogP contribution in [0.15, 0.2) is 22.5 Å². The molecule has 2 fully saturated rings. The standard InChI is InChI=1S/C18H22N2O6/c1-3-19(17(23)24)13-11(9-5-6-9)16(22)14(20(4-2)18(25)26)12(15(13)21)10-7-8-10/h9-10H,3-8H2,1-2H3,(H,23,24)(H,25,26). The third kappa shape index (κ3) is 2.89. The highest BCUT2D eigenvalue weighted by atomic mass is 16.4. The minimum atomic E-state index is -1.29. The Morgan fingerprint density at radius 2 is 1.12 bits per heavy atom. The summed E-state index contributed by atoms with van der Waals surface area (Å²) in [6.45, 7) is 3.30. The van der Waals surface area contributed by atoms with Gasteiger partial charge in [-0.25, -0.2) is 9.59 Å². The Morgan fingerprint density at radius 1 is 0.808 bits per heavy atom. The largest absolute Gasteiger partial charge is 0.465 e. The van der Waals surface area contributed by atoms with E-state index >= 15 is 0 Å². The number of Topliss-reactive ketones (excluding diaryl/α,β-unsaturated/α-hetero) is 2. The van der Waals surface area contributed by atoms with Crippen LogP contribution < -0.4 is 0 Å². The summed E-state index contributed by atoms with van der Waals surface area (Å²) in [6.07, 6.45) is 0.207. The molecular weight excluding hydrogens is 340 g/mol. The maximum atomic E-state index is 13.3. The summed E-state index contributed by atoms with van der Waals surface area (Å²) in [5.41, 5.74) is 0.191. The van der Waals surface area contributed by atoms with Crippen molar-refractivity contribution in [1.29, 1.82) is 0 Å². The van der Waals surface area contributed by atoms with Crippen LogP contribution in [0.2, 0.25) is 0 Å². The number of hydrogen-bond acceptors (Lipinski definition) is 4. The summed E-state index contributed by atoms with van der Waals surface area (Å²) in [5, 5.41) is 19.0. The minimum absolute atomic E-state index is 0.0452. The van der Waals surface area contributed by atoms with Gasteiger partial charge < -0.3 is 10.2 Å². The van der Waals surface area contributed by atoms with Crippen LogP contribution in [0, 0.1) is 11.8 Å². The molecule has 3 aliphatic rings. The second-order valence-electron chi connectivity index (χ2n) is 6.79. The number of hydrogen-bond donors (Lipinski definition) is 2. The van der Waals surface area contributed by atoms with Gasteiger partial charge in [0.25, 0.3) is 0 Å². The zero-order chi connectivity index (χ0) is 19.2. The van der Waals surface area contributed by atoms with E-state index in [1.165, 1.54) is 0 Å². The van der Waals surface area contributed by atoms with E-state index in [-0.39, 0.29) is 47.5 Å². The van der Waals surface area contributed by atoms with Crippen LogP contribution >= 0.6 is 0 Å². The third-order valence-corrected chi connectivity index (χ3v) is 5.03. The summed E-state index contributed by atoms with van der Waals surface area (Å²) >= 11 is 0. The summed E-state index contributed by atoms with van der Waals surface area (Å²) in [5.74, 6) is -1.38. The molecule has 0 spiro atoms. The van der Waals surface area contributed by atoms with E-state index in [0.29, 0.717) is 25.7 Å². The predicted octanol–water partition coefficient (Wildman–Crippen LogP) is 2.47. The van der Waals surface area contributed by atoms with Gasteiger partial charge in [0.15, 0.2) is 0 Å². The second-order valence-corrected chi connectivity index (χ2v) is 6.79. The lowest BCUT2D eigenvalue weighted by Gasteiger charge is -2.32. The first kappa shape index (κ1) is 18.2. The van der Waals surface area contributed by atoms with Gasteiger partial charge in [-0.3, -0.25) is 19.4 Å². The Labute approximate surface area is 150 Å². The van der Waals surface area contributed by atoms with E-state index in [9.17, 15) is 29.4 Å². The zero-order valence-electron chi connectivity index (χ0n) is 14.8. The number of likely N-dealkylation sites (N-methyl/N-ethyl adjacent to an activating group) is 2. The van der Waals surface area contributed by atoms with Crippen molar-refractivity contribution in [2.24, 2.45) is 11.8 Å². The molecule has 0 bridgehead atoms. The van der Waals surface area contributed by atoms with Crippen molar-refractivity contribution in [2.75, 3.05) is 13.1 Å². The average molecular weight is 362 g/mol. The molecular formula is C18H22N2O6. The molecule has 2 N–H and O–H groups in total. The molecule has 0 atom stereocenters. The molecule has 8 nitrogen and oxygen atoms in total. The summed E-state index contributed by atoms with van der Waals surface area (Å²) in [6, 6.07) is 0. The van der Waals surface area contributed by atoms with Crippen LogP contribution in [0.5, 0.6) is 0 Å². The number of nitrogens with zero attached hydrogens (tertiary/aromatic N) is 2. The smallest absolute Gasteiger partial charge is 0.411 e. The third-order valence-electron chi connectivity index (χ3n) is 5.03. The molecule has 3 aliphatic carbocycles. The van der Waals surface area contributed by atoms with E-state index in [2.05, 4.69) is 0 Å². The number of carbonyl (C=O) groups is 4. The van der Waals surface area contributed by atoms with E-state index < -0.39 is 23.8 Å². The summed E-state index contributed by atoms with van der Waals surface area (Å²) in [4.78, 5) is 51.7. The van der Waals surface area contributed by atoms with Gasteiger partial charge in [-0.2, -0.15) is 0 Å². The maximum absolute atomic E-state index is 13.3. The van der Waals surface area contributed by atoms with E-state index in [1.807, 2.05) is 0 Å². The normalized spacial score (nSPS) is 20.5. The van der Waals surface area contributed by atoms with Gasteiger partial charge in [-0.15, -0.1) is 0 Å². The molecule has 2 amide bonds. The Kier molecular flexibility index (Phi) is 4.60. The van der Waals surface area contributed by atoms with Crippen molar-refractivity contribution in [1.82, 2.24) is 9.80 Å². The fourth-order valence-corrected chi connectivity index (χ4v) is 3.53. The number of rotatable bonds is 6. The van der Waals surface area contributed by atoms with Crippen LogP contribution in [0.25, 0.3) is 0 Å². The highest BCUT2D eigenvalue weighted by Crippen LogP contribution is 2.48. The highest BCUT2D eigenvalue weighted by molar-refractivity contribution is 6.26. The molecule has 3 rings (SSSR count). The van der Waals surface area contributed by atoms with Crippen LogP contribution in [-0.2, 0) is 9.59 Å². The Morgan fingerprint density at radius 3 is 1.31 bits per heavy atom. The van der Waals surface area contributed by atoms with Gasteiger partial charge in [-0.1, -0.05) is 0 Å². The molecule has 26 heavy (non-hydrogen) atoms. The first-order chi connectivity index (χ1) is 12.3. The van der Waals surface area contributed by atoms with E-state index in [1.54, 1.807) is 13.8 Å². The maximum Gasteiger partial charge on any atom is 0.411 e. The molecule has 0 saturated heterocycles. The minimum Gasteiger partial charge on any atom is -0.465 e. The number of ketones is 2. The van der Waals surface area contributed by atoms with Crippen molar-refractivity contribution in [3.8, 4) is 0 Å². The molecule has 0 aromatic carbocycles. The summed E-state index contributed by atoms with van der Waals surface area (Å²) in [7, 11) is 0. The SMILES string of the molecule is CCN(C(=O)O)C1=C(C2CC2)C(=O)C(N(CC)C(=O)O)=C(C2CC2)C1=O. The molecule has 0 aromatic rings. The molecule has 2 saturated carbocycles. The van der Waals surface area contributed by atoms with Gasteiger partial charge >= 0.3 is 12.2 Å². The monoisotopic (exact) mass is 362 g/mol. The second kappa shape index (κ2) is 6.59. The van der Waals surface area contributed by atoms with E-state index in [0.717, 1.165) is 9.80 Å².